The van der Waals surface area contributed by atoms with Crippen LogP contribution in [0.25, 0.3) is 0 Å². The van der Waals surface area contributed by atoms with Gasteiger partial charge in [-0.3, -0.25) is 14.5 Å². The van der Waals surface area contributed by atoms with E-state index in [1.54, 1.807) is 0 Å². The largest absolute Gasteiger partial charge is 0.274 e. The fourth-order valence-electron chi connectivity index (χ4n) is 3.91. The van der Waals surface area contributed by atoms with Gasteiger partial charge in [0.2, 0.25) is 0 Å². The molecular weight excluding hydrogens is 292 g/mol. The first-order valence-electron chi connectivity index (χ1n) is 8.95. The van der Waals surface area contributed by atoms with E-state index in [4.69, 9.17) is 0 Å². The molecule has 1 heterocycles. The summed E-state index contributed by atoms with van der Waals surface area (Å²) in [4.78, 5) is 27.8. The number of hydrogen-bond donors (Lipinski definition) is 0. The zero-order valence-corrected chi connectivity index (χ0v) is 15.9. The lowest BCUT2D eigenvalue weighted by Crippen LogP contribution is -2.78. The standard InChI is InChI=1S/C18H33N2O3/c1-8-12-18(13-9-2)15(22)19(16(5,6)7)14(21)17(10-3,11-4)20(18)23/h8-13H2,1-7H3. The lowest BCUT2D eigenvalue weighted by molar-refractivity contribution is -0.296. The Morgan fingerprint density at radius 1 is 0.826 bits per heavy atom. The Hall–Kier alpha value is -0.940. The summed E-state index contributed by atoms with van der Waals surface area (Å²) in [5.74, 6) is -0.649. The molecule has 1 radical (unpaired) electrons. The van der Waals surface area contributed by atoms with Gasteiger partial charge in [-0.2, -0.15) is 0 Å². The van der Waals surface area contributed by atoms with Crippen LogP contribution in [0.5, 0.6) is 0 Å². The maximum atomic E-state index is 13.4. The Labute approximate surface area is 141 Å². The second kappa shape index (κ2) is 6.89. The minimum Gasteiger partial charge on any atom is -0.274 e. The predicted octanol–water partition coefficient (Wildman–Crippen LogP) is 3.70. The minimum atomic E-state index is -1.13. The van der Waals surface area contributed by atoms with Gasteiger partial charge in [0, 0.05) is 5.54 Å². The monoisotopic (exact) mass is 325 g/mol. The van der Waals surface area contributed by atoms with Gasteiger partial charge in [0.1, 0.15) is 11.1 Å². The molecule has 5 heteroatoms. The molecule has 0 atom stereocenters. The molecule has 1 rings (SSSR count). The number of piperazine rings is 1. The Kier molecular flexibility index (Phi) is 6.03. The molecule has 0 aromatic heterocycles. The molecule has 0 aromatic rings. The molecule has 0 spiro atoms. The van der Waals surface area contributed by atoms with Gasteiger partial charge in [0.25, 0.3) is 11.8 Å². The lowest BCUT2D eigenvalue weighted by Gasteiger charge is -2.56. The van der Waals surface area contributed by atoms with Gasteiger partial charge in [-0.05, 0) is 46.5 Å². The SMILES string of the molecule is CCCC1(CCC)C(=O)N(C(C)(C)C)C(=O)C(CC)(CC)N1[O]. The van der Waals surface area contributed by atoms with Crippen LogP contribution in [0.2, 0.25) is 0 Å². The predicted molar refractivity (Wildman–Crippen MR) is 90.0 cm³/mol. The van der Waals surface area contributed by atoms with Crippen molar-refractivity contribution in [2.24, 2.45) is 0 Å². The zero-order chi connectivity index (χ0) is 18.1. The third kappa shape index (κ3) is 2.93. The van der Waals surface area contributed by atoms with Crippen molar-refractivity contribution in [2.75, 3.05) is 0 Å². The molecule has 1 aliphatic rings. The summed E-state index contributed by atoms with van der Waals surface area (Å²) in [6.45, 7) is 13.3. The molecule has 2 amide bonds. The average Bonchev–Trinajstić information content (AvgIpc) is 2.46. The van der Waals surface area contributed by atoms with Crippen LogP contribution in [0.3, 0.4) is 0 Å². The van der Waals surface area contributed by atoms with Crippen LogP contribution in [0.1, 0.15) is 87.0 Å². The van der Waals surface area contributed by atoms with Crippen molar-refractivity contribution < 1.29 is 14.8 Å². The molecule has 5 nitrogen and oxygen atoms in total. The van der Waals surface area contributed by atoms with Gasteiger partial charge in [-0.1, -0.05) is 40.5 Å². The van der Waals surface area contributed by atoms with Crippen LogP contribution in [-0.4, -0.2) is 38.4 Å². The van der Waals surface area contributed by atoms with Crippen LogP contribution < -0.4 is 0 Å². The number of carbonyl (C=O) groups is 2. The molecule has 1 aliphatic heterocycles. The highest BCUT2D eigenvalue weighted by Gasteiger charge is 2.64. The van der Waals surface area contributed by atoms with Gasteiger partial charge in [-0.25, -0.2) is 0 Å². The number of hydrogen-bond acceptors (Lipinski definition) is 3. The van der Waals surface area contributed by atoms with Crippen LogP contribution in [-0.2, 0) is 14.8 Å². The van der Waals surface area contributed by atoms with Crippen LogP contribution >= 0.6 is 0 Å². The van der Waals surface area contributed by atoms with E-state index < -0.39 is 16.6 Å². The molecular formula is C18H33N2O3. The molecule has 1 saturated heterocycles. The van der Waals surface area contributed by atoms with Gasteiger partial charge in [0.05, 0.1) is 0 Å². The molecule has 0 unspecified atom stereocenters. The van der Waals surface area contributed by atoms with E-state index in [1.165, 1.54) is 4.90 Å². The maximum Gasteiger partial charge on any atom is 0.252 e. The Balaban J connectivity index is 3.63. The molecule has 0 N–H and O–H groups in total. The summed E-state index contributed by atoms with van der Waals surface area (Å²) in [5, 5.41) is 14.2. The van der Waals surface area contributed by atoms with Gasteiger partial charge < -0.3 is 0 Å². The van der Waals surface area contributed by atoms with Crippen LogP contribution in [0.4, 0.5) is 0 Å². The molecule has 1 fully saturated rings. The molecule has 0 bridgehead atoms. The van der Waals surface area contributed by atoms with E-state index >= 15 is 0 Å². The molecule has 0 aromatic carbocycles. The zero-order valence-electron chi connectivity index (χ0n) is 15.9. The molecule has 133 valence electrons. The van der Waals surface area contributed by atoms with Gasteiger partial charge in [0.15, 0.2) is 0 Å². The first-order valence-corrected chi connectivity index (χ1v) is 8.95. The Bertz CT molecular complexity index is 444. The minimum absolute atomic E-state index is 0.314. The van der Waals surface area contributed by atoms with E-state index in [1.807, 2.05) is 48.5 Å². The fourth-order valence-corrected chi connectivity index (χ4v) is 3.91. The third-order valence-corrected chi connectivity index (χ3v) is 5.15. The summed E-state index contributed by atoms with van der Waals surface area (Å²) < 4.78 is 0. The normalized spacial score (nSPS) is 21.8. The smallest absolute Gasteiger partial charge is 0.252 e. The van der Waals surface area contributed by atoms with Crippen molar-refractivity contribution >= 4 is 11.8 Å². The Morgan fingerprint density at radius 3 is 1.52 bits per heavy atom. The third-order valence-electron chi connectivity index (χ3n) is 5.15. The van der Waals surface area contributed by atoms with E-state index in [0.29, 0.717) is 25.7 Å². The fraction of sp³-hybridized carbons (Fsp3) is 0.889. The van der Waals surface area contributed by atoms with Gasteiger partial charge in [-0.15, -0.1) is 10.3 Å². The molecule has 23 heavy (non-hydrogen) atoms. The topological polar surface area (TPSA) is 60.5 Å². The van der Waals surface area contributed by atoms with Crippen LogP contribution in [0, 0.1) is 0 Å². The number of imide groups is 1. The first-order chi connectivity index (χ1) is 10.6. The van der Waals surface area contributed by atoms with E-state index in [-0.39, 0.29) is 11.8 Å². The number of hydroxylamine groups is 2. The average molecular weight is 325 g/mol. The molecule has 0 aliphatic carbocycles. The second-order valence-corrected chi connectivity index (χ2v) is 7.68. The summed E-state index contributed by atoms with van der Waals surface area (Å²) in [6, 6.07) is 0. The summed E-state index contributed by atoms with van der Waals surface area (Å²) in [6.07, 6.45) is 3.29. The summed E-state index contributed by atoms with van der Waals surface area (Å²) in [7, 11) is 0. The van der Waals surface area contributed by atoms with Crippen molar-refractivity contribution in [3.8, 4) is 0 Å². The van der Waals surface area contributed by atoms with E-state index in [9.17, 15) is 14.8 Å². The number of carbonyl (C=O) groups excluding carboxylic acids is 2. The lowest BCUT2D eigenvalue weighted by atomic mass is 9.75. The highest BCUT2D eigenvalue weighted by atomic mass is 16.5. The number of amides is 2. The highest BCUT2D eigenvalue weighted by molar-refractivity contribution is 6.07. The number of rotatable bonds is 6. The summed E-state index contributed by atoms with van der Waals surface area (Å²) >= 11 is 0. The van der Waals surface area contributed by atoms with Crippen molar-refractivity contribution in [3.05, 3.63) is 0 Å². The quantitative estimate of drug-likeness (QED) is 0.700. The highest BCUT2D eigenvalue weighted by Crippen LogP contribution is 2.44. The van der Waals surface area contributed by atoms with E-state index in [0.717, 1.165) is 17.9 Å². The van der Waals surface area contributed by atoms with Crippen LogP contribution in [0.15, 0.2) is 0 Å². The van der Waals surface area contributed by atoms with Crippen molar-refractivity contribution in [1.82, 2.24) is 9.96 Å². The van der Waals surface area contributed by atoms with Crippen molar-refractivity contribution in [3.63, 3.8) is 0 Å². The van der Waals surface area contributed by atoms with E-state index in [2.05, 4.69) is 0 Å². The number of nitrogens with zero attached hydrogens (tertiary/aromatic N) is 2. The first kappa shape index (κ1) is 20.1. The van der Waals surface area contributed by atoms with Gasteiger partial charge >= 0.3 is 0 Å². The maximum absolute atomic E-state index is 13.4. The second-order valence-electron chi connectivity index (χ2n) is 7.68. The van der Waals surface area contributed by atoms with Crippen molar-refractivity contribution in [2.45, 2.75) is 104 Å². The summed E-state index contributed by atoms with van der Waals surface area (Å²) in [5.41, 5.74) is -2.88. The van der Waals surface area contributed by atoms with Crippen molar-refractivity contribution in [1.29, 1.82) is 0 Å². The molecule has 0 saturated carbocycles. The Morgan fingerprint density at radius 2 is 1.22 bits per heavy atom.